The average molecular weight is 558 g/mol. The molecule has 36 heavy (non-hydrogen) atoms. The van der Waals surface area contributed by atoms with Crippen molar-refractivity contribution in [2.75, 3.05) is 11.9 Å². The third-order valence-corrected chi connectivity index (χ3v) is 11.4. The van der Waals surface area contributed by atoms with Gasteiger partial charge in [0.2, 0.25) is 0 Å². The highest BCUT2D eigenvalue weighted by molar-refractivity contribution is 6.74. The molecule has 0 spiro atoms. The second-order valence-electron chi connectivity index (χ2n) is 10.5. The highest BCUT2D eigenvalue weighted by Crippen LogP contribution is 2.36. The van der Waals surface area contributed by atoms with E-state index >= 15 is 0 Å². The highest BCUT2D eigenvalue weighted by atomic mass is 35.5. The number of imide groups is 1. The molecule has 3 amide bonds. The van der Waals surface area contributed by atoms with Crippen LogP contribution in [0.25, 0.3) is 0 Å². The van der Waals surface area contributed by atoms with Crippen LogP contribution in [0.3, 0.4) is 0 Å². The van der Waals surface area contributed by atoms with Crippen LogP contribution >= 0.6 is 23.2 Å². The lowest BCUT2D eigenvalue weighted by Crippen LogP contribution is -2.40. The predicted molar refractivity (Wildman–Crippen MR) is 145 cm³/mol. The number of unbranched alkanes of at least 4 members (excludes halogenated alkanes) is 1. The Bertz CT molecular complexity index is 1110. The van der Waals surface area contributed by atoms with Crippen LogP contribution in [0.15, 0.2) is 18.3 Å². The minimum Gasteiger partial charge on any atom is -0.417 e. The van der Waals surface area contributed by atoms with Gasteiger partial charge in [-0.2, -0.15) is 0 Å². The third-order valence-electron chi connectivity index (χ3n) is 6.32. The zero-order chi connectivity index (χ0) is 27.3. The quantitative estimate of drug-likeness (QED) is 0.191. The summed E-state index contributed by atoms with van der Waals surface area (Å²) in [6, 6.07) is 1.90. The Morgan fingerprint density at radius 2 is 1.83 bits per heavy atom. The second-order valence-corrected chi connectivity index (χ2v) is 16.0. The van der Waals surface area contributed by atoms with Gasteiger partial charge in [0.25, 0.3) is 5.91 Å². The maximum atomic E-state index is 13.7. The second kappa shape index (κ2) is 12.4. The minimum absolute atomic E-state index is 0.0295. The van der Waals surface area contributed by atoms with Crippen LogP contribution in [-0.2, 0) is 10.8 Å². The van der Waals surface area contributed by atoms with Crippen LogP contribution in [0.5, 0.6) is 0 Å². The normalized spacial score (nSPS) is 12.1. The molecule has 0 saturated carbocycles. The number of anilines is 1. The molecule has 0 radical (unpaired) electrons. The molecule has 0 aliphatic carbocycles. The van der Waals surface area contributed by atoms with Crippen LogP contribution in [-0.4, -0.2) is 36.8 Å². The maximum Gasteiger partial charge on any atom is 0.326 e. The summed E-state index contributed by atoms with van der Waals surface area (Å²) < 4.78 is 20.0. The standard InChI is InChI=1S/C25H35Cl2FN4O3Si/c1-15(2)19-20(30-24(34)32-23(33)17-14-18(28)22(27)31-21(17)26)16(11-12-29-19)10-8-9-13-35-36(6,7)25(3,4)5/h11-12,14-15H,8-10,13H2,1-7H3,(H2,30,32,33,34). The number of carbonyl (C=O) groups excluding carboxylic acids is 2. The van der Waals surface area contributed by atoms with E-state index in [1.54, 1.807) is 6.20 Å². The van der Waals surface area contributed by atoms with E-state index < -0.39 is 31.2 Å². The van der Waals surface area contributed by atoms with E-state index in [0.717, 1.165) is 24.5 Å². The lowest BCUT2D eigenvalue weighted by atomic mass is 10.0. The molecule has 0 fully saturated rings. The molecule has 2 aromatic rings. The van der Waals surface area contributed by atoms with E-state index in [2.05, 4.69) is 54.5 Å². The van der Waals surface area contributed by atoms with Gasteiger partial charge in [-0.1, -0.05) is 57.8 Å². The summed E-state index contributed by atoms with van der Waals surface area (Å²) in [6.45, 7) is 15.7. The van der Waals surface area contributed by atoms with Gasteiger partial charge in [-0.15, -0.1) is 0 Å². The molecule has 0 bridgehead atoms. The van der Waals surface area contributed by atoms with E-state index in [9.17, 15) is 14.0 Å². The summed E-state index contributed by atoms with van der Waals surface area (Å²) in [6.07, 6.45) is 4.15. The number of halogens is 3. The third kappa shape index (κ3) is 7.96. The molecule has 11 heteroatoms. The summed E-state index contributed by atoms with van der Waals surface area (Å²) in [5.41, 5.74) is 1.85. The first kappa shape index (κ1) is 30.2. The fraction of sp³-hybridized carbons (Fsp3) is 0.520. The number of nitrogens with zero attached hydrogens (tertiary/aromatic N) is 2. The summed E-state index contributed by atoms with van der Waals surface area (Å²) in [5.74, 6) is -1.79. The number of amides is 3. The Balaban J connectivity index is 2.09. The monoisotopic (exact) mass is 556 g/mol. The molecule has 7 nitrogen and oxygen atoms in total. The number of urea groups is 1. The predicted octanol–water partition coefficient (Wildman–Crippen LogP) is 7.35. The van der Waals surface area contributed by atoms with Gasteiger partial charge in [0.05, 0.1) is 16.9 Å². The Kier molecular flexibility index (Phi) is 10.4. The first-order valence-corrected chi connectivity index (χ1v) is 15.6. The maximum absolute atomic E-state index is 13.7. The van der Waals surface area contributed by atoms with Crippen LogP contribution in [0.4, 0.5) is 14.9 Å². The number of nitrogens with one attached hydrogen (secondary N) is 2. The Morgan fingerprint density at radius 3 is 2.44 bits per heavy atom. The van der Waals surface area contributed by atoms with Crippen LogP contribution < -0.4 is 10.6 Å². The smallest absolute Gasteiger partial charge is 0.326 e. The van der Waals surface area contributed by atoms with Gasteiger partial charge < -0.3 is 9.74 Å². The zero-order valence-electron chi connectivity index (χ0n) is 21.9. The van der Waals surface area contributed by atoms with E-state index in [1.165, 1.54) is 0 Å². The van der Waals surface area contributed by atoms with Crippen molar-refractivity contribution in [3.63, 3.8) is 0 Å². The van der Waals surface area contributed by atoms with Crippen molar-refractivity contribution in [1.82, 2.24) is 15.3 Å². The Morgan fingerprint density at radius 1 is 1.17 bits per heavy atom. The zero-order valence-corrected chi connectivity index (χ0v) is 24.4. The first-order chi connectivity index (χ1) is 16.6. The van der Waals surface area contributed by atoms with E-state index in [-0.39, 0.29) is 21.7 Å². The molecule has 198 valence electrons. The summed E-state index contributed by atoms with van der Waals surface area (Å²) >= 11 is 11.5. The van der Waals surface area contributed by atoms with Gasteiger partial charge in [0.15, 0.2) is 19.3 Å². The SMILES string of the molecule is CC(C)c1nccc(CCCCO[Si](C)(C)C(C)(C)C)c1NC(=O)NC(=O)c1cc(F)c(Cl)nc1Cl. The number of pyridine rings is 2. The number of aromatic nitrogens is 2. The average Bonchev–Trinajstić information content (AvgIpc) is 2.75. The van der Waals surface area contributed by atoms with Crippen LogP contribution in [0.1, 0.15) is 75.0 Å². The Hall–Kier alpha value is -2.07. The summed E-state index contributed by atoms with van der Waals surface area (Å²) in [4.78, 5) is 33.2. The molecule has 0 saturated heterocycles. The number of carbonyl (C=O) groups is 2. The molecular weight excluding hydrogens is 522 g/mol. The minimum atomic E-state index is -1.80. The van der Waals surface area contributed by atoms with Gasteiger partial charge in [-0.25, -0.2) is 14.2 Å². The van der Waals surface area contributed by atoms with E-state index in [0.29, 0.717) is 24.4 Å². The van der Waals surface area contributed by atoms with Crippen molar-refractivity contribution in [3.8, 4) is 0 Å². The van der Waals surface area contributed by atoms with Crippen LogP contribution in [0, 0.1) is 5.82 Å². The molecule has 2 heterocycles. The van der Waals surface area contributed by atoms with Crippen molar-refractivity contribution in [2.45, 2.75) is 77.9 Å². The fourth-order valence-corrected chi connectivity index (χ4v) is 4.69. The largest absolute Gasteiger partial charge is 0.417 e. The molecule has 0 aliphatic heterocycles. The van der Waals surface area contributed by atoms with Crippen molar-refractivity contribution in [3.05, 3.63) is 51.3 Å². The van der Waals surface area contributed by atoms with Gasteiger partial charge in [0.1, 0.15) is 5.15 Å². The lowest BCUT2D eigenvalue weighted by Gasteiger charge is -2.36. The highest BCUT2D eigenvalue weighted by Gasteiger charge is 2.36. The number of hydrogen-bond acceptors (Lipinski definition) is 5. The molecule has 0 aromatic carbocycles. The fourth-order valence-electron chi connectivity index (χ4n) is 3.19. The van der Waals surface area contributed by atoms with Crippen molar-refractivity contribution in [2.24, 2.45) is 0 Å². The van der Waals surface area contributed by atoms with Crippen molar-refractivity contribution in [1.29, 1.82) is 0 Å². The molecule has 0 aliphatic rings. The molecule has 0 atom stereocenters. The molecule has 0 unspecified atom stereocenters. The van der Waals surface area contributed by atoms with Crippen molar-refractivity contribution >= 4 is 49.1 Å². The topological polar surface area (TPSA) is 93.2 Å². The van der Waals surface area contributed by atoms with E-state index in [1.807, 2.05) is 19.9 Å². The first-order valence-electron chi connectivity index (χ1n) is 11.9. The molecule has 2 aromatic heterocycles. The van der Waals surface area contributed by atoms with E-state index in [4.69, 9.17) is 27.6 Å². The summed E-state index contributed by atoms with van der Waals surface area (Å²) in [7, 11) is -1.80. The molecular formula is C25H35Cl2FN4O3Si. The van der Waals surface area contributed by atoms with Gasteiger partial charge in [0, 0.05) is 12.8 Å². The van der Waals surface area contributed by atoms with Crippen LogP contribution in [0.2, 0.25) is 28.4 Å². The lowest BCUT2D eigenvalue weighted by molar-refractivity contribution is 0.0966. The van der Waals surface area contributed by atoms with Crippen molar-refractivity contribution < 1.29 is 18.4 Å². The number of hydrogen-bond donors (Lipinski definition) is 2. The molecule has 2 N–H and O–H groups in total. The van der Waals surface area contributed by atoms with Gasteiger partial charge in [-0.05, 0) is 61.0 Å². The Labute approximate surface area is 223 Å². The summed E-state index contributed by atoms with van der Waals surface area (Å²) in [5, 5.41) is 4.30. The molecule has 2 rings (SSSR count). The van der Waals surface area contributed by atoms with Gasteiger partial charge >= 0.3 is 6.03 Å². The van der Waals surface area contributed by atoms with Gasteiger partial charge in [-0.3, -0.25) is 15.1 Å². The number of rotatable bonds is 9. The number of aryl methyl sites for hydroxylation is 1.